The third-order valence-corrected chi connectivity index (χ3v) is 6.64. The van der Waals surface area contributed by atoms with Gasteiger partial charge < -0.3 is 20.8 Å². The van der Waals surface area contributed by atoms with E-state index in [1.165, 1.54) is 6.07 Å². The van der Waals surface area contributed by atoms with E-state index >= 15 is 0 Å². The van der Waals surface area contributed by atoms with E-state index in [0.717, 1.165) is 4.90 Å². The van der Waals surface area contributed by atoms with E-state index in [2.05, 4.69) is 20.7 Å². The number of hydrazone groups is 1. The number of benzene rings is 1. The minimum Gasteiger partial charge on any atom is -0.444 e. The molecule has 0 aliphatic carbocycles. The fourth-order valence-electron chi connectivity index (χ4n) is 4.69. The van der Waals surface area contributed by atoms with Gasteiger partial charge in [0.25, 0.3) is 11.8 Å². The lowest BCUT2D eigenvalue weighted by Gasteiger charge is -2.32. The summed E-state index contributed by atoms with van der Waals surface area (Å²) in [5.74, 6) is 3.28. The second kappa shape index (κ2) is 11.2. The van der Waals surface area contributed by atoms with Gasteiger partial charge in [-0.05, 0) is 52.2 Å². The third kappa shape index (κ3) is 6.24. The predicted octanol–water partition coefficient (Wildman–Crippen LogP) is 1.28. The number of fused-ring (bicyclic) bond motifs is 1. The highest BCUT2D eigenvalue weighted by atomic mass is 16.6. The van der Waals surface area contributed by atoms with Gasteiger partial charge in [-0.3, -0.25) is 34.4 Å². The topological polar surface area (TPSA) is 176 Å². The summed E-state index contributed by atoms with van der Waals surface area (Å²) in [6, 6.07) is 3.75. The number of ether oxygens (including phenoxy) is 1. The van der Waals surface area contributed by atoms with Crippen LogP contribution in [0.2, 0.25) is 0 Å². The number of carbonyl (C=O) groups is 5. The molecule has 3 heterocycles. The summed E-state index contributed by atoms with van der Waals surface area (Å²) in [5.41, 5.74) is 0.578. The Morgan fingerprint density at radius 3 is 2.51 bits per heavy atom. The molecule has 1 aromatic carbocycles. The molecule has 1 atom stereocenters. The fraction of sp³-hybridized carbons (Fsp3) is 0.500. The number of likely N-dealkylation sites (tertiary alicyclic amines) is 1. The van der Waals surface area contributed by atoms with Crippen LogP contribution in [0.25, 0.3) is 0 Å². The van der Waals surface area contributed by atoms with Crippen molar-refractivity contribution in [3.05, 3.63) is 29.3 Å². The average Bonchev–Trinajstić information content (AvgIpc) is 3.14. The summed E-state index contributed by atoms with van der Waals surface area (Å²) < 4.78 is 5.42. The van der Waals surface area contributed by atoms with Crippen LogP contribution in [0.15, 0.2) is 28.3 Å². The van der Waals surface area contributed by atoms with Crippen LogP contribution < -0.4 is 16.5 Å². The van der Waals surface area contributed by atoms with Crippen LogP contribution in [0.3, 0.4) is 0 Å². The second-order valence-corrected chi connectivity index (χ2v) is 10.6. The molecule has 1 unspecified atom stereocenters. The molecular formula is C26H33N7O6. The Balaban J connectivity index is 1.36. The lowest BCUT2D eigenvalue weighted by molar-refractivity contribution is -0.136. The van der Waals surface area contributed by atoms with E-state index in [1.807, 2.05) is 20.8 Å². The highest BCUT2D eigenvalue weighted by molar-refractivity contribution is 6.32. The maximum atomic E-state index is 13.2. The first kappa shape index (κ1) is 27.7. The van der Waals surface area contributed by atoms with E-state index in [-0.39, 0.29) is 42.6 Å². The number of nitrogens with one attached hydrogen (secondary N) is 2. The van der Waals surface area contributed by atoms with Gasteiger partial charge in [0.1, 0.15) is 11.6 Å². The first-order chi connectivity index (χ1) is 18.5. The standard InChI is InChI=1S/C26H33N7O6/c1-26(2,3)39-25(38)32-11-9-15(10-12-32)28-13-16(31-27)14-29-18-6-4-5-17-21(18)24(37)33(23(17)36)19-7-8-20(34)30-22(19)35/h4-6,13,15,19,29H,7-12,14,27H2,1-3H3,(H,30,34,35)/b28-13?,31-16+. The molecule has 208 valence electrons. The van der Waals surface area contributed by atoms with Gasteiger partial charge in [0.15, 0.2) is 0 Å². The van der Waals surface area contributed by atoms with Gasteiger partial charge in [0, 0.05) is 31.4 Å². The van der Waals surface area contributed by atoms with Crippen LogP contribution in [0, 0.1) is 0 Å². The molecule has 2 fully saturated rings. The number of rotatable bonds is 6. The smallest absolute Gasteiger partial charge is 0.410 e. The van der Waals surface area contributed by atoms with Crippen LogP contribution in [0.4, 0.5) is 10.5 Å². The van der Waals surface area contributed by atoms with E-state index in [9.17, 15) is 24.0 Å². The summed E-state index contributed by atoms with van der Waals surface area (Å²) in [7, 11) is 0. The molecule has 0 spiro atoms. The highest BCUT2D eigenvalue weighted by Crippen LogP contribution is 2.32. The Morgan fingerprint density at radius 1 is 1.15 bits per heavy atom. The number of carbonyl (C=O) groups excluding carboxylic acids is 5. The Labute approximate surface area is 225 Å². The minimum atomic E-state index is -1.04. The van der Waals surface area contributed by atoms with Gasteiger partial charge in [0.05, 0.1) is 29.4 Å². The molecule has 4 rings (SSSR count). The lowest BCUT2D eigenvalue weighted by atomic mass is 10.0. The van der Waals surface area contributed by atoms with Gasteiger partial charge >= 0.3 is 6.09 Å². The molecule has 13 heteroatoms. The maximum absolute atomic E-state index is 13.2. The largest absolute Gasteiger partial charge is 0.444 e. The Bertz CT molecular complexity index is 1240. The van der Waals surface area contributed by atoms with Crippen molar-refractivity contribution in [2.24, 2.45) is 15.9 Å². The molecule has 0 aromatic heterocycles. The van der Waals surface area contributed by atoms with Crippen molar-refractivity contribution in [3.8, 4) is 0 Å². The Morgan fingerprint density at radius 2 is 1.87 bits per heavy atom. The first-order valence-corrected chi connectivity index (χ1v) is 12.8. The number of aliphatic imine (C=N–C) groups is 1. The fourth-order valence-corrected chi connectivity index (χ4v) is 4.69. The van der Waals surface area contributed by atoms with E-state index in [0.29, 0.717) is 37.3 Å². The van der Waals surface area contributed by atoms with Gasteiger partial charge in [-0.15, -0.1) is 0 Å². The van der Waals surface area contributed by atoms with Crippen molar-refractivity contribution in [1.29, 1.82) is 0 Å². The van der Waals surface area contributed by atoms with Crippen LogP contribution >= 0.6 is 0 Å². The van der Waals surface area contributed by atoms with Gasteiger partial charge in [-0.25, -0.2) is 4.79 Å². The molecule has 2 saturated heterocycles. The predicted molar refractivity (Wildman–Crippen MR) is 143 cm³/mol. The lowest BCUT2D eigenvalue weighted by Crippen LogP contribution is -2.54. The maximum Gasteiger partial charge on any atom is 0.410 e. The third-order valence-electron chi connectivity index (χ3n) is 6.64. The highest BCUT2D eigenvalue weighted by Gasteiger charge is 2.45. The number of hydrogen-bond acceptors (Lipinski definition) is 10. The van der Waals surface area contributed by atoms with E-state index in [4.69, 9.17) is 10.6 Å². The van der Waals surface area contributed by atoms with Crippen LogP contribution in [0.1, 0.15) is 67.2 Å². The molecule has 39 heavy (non-hydrogen) atoms. The van der Waals surface area contributed by atoms with Crippen LogP contribution in [-0.2, 0) is 14.3 Å². The van der Waals surface area contributed by atoms with Crippen molar-refractivity contribution in [2.45, 2.75) is 64.1 Å². The minimum absolute atomic E-state index is 0.0114. The Hall–Kier alpha value is -4.29. The van der Waals surface area contributed by atoms with Gasteiger partial charge in [-0.1, -0.05) is 6.07 Å². The number of piperidine rings is 2. The number of nitrogens with zero attached hydrogens (tertiary/aromatic N) is 4. The van der Waals surface area contributed by atoms with Crippen molar-refractivity contribution in [1.82, 2.24) is 15.1 Å². The van der Waals surface area contributed by atoms with Crippen molar-refractivity contribution >= 4 is 47.3 Å². The number of imide groups is 2. The van der Waals surface area contributed by atoms with Crippen LogP contribution in [-0.4, -0.2) is 88.8 Å². The normalized spacial score (nSPS) is 20.9. The summed E-state index contributed by atoms with van der Waals surface area (Å²) in [6.45, 7) is 6.67. The van der Waals surface area contributed by atoms with Crippen molar-refractivity contribution in [2.75, 3.05) is 25.0 Å². The molecule has 13 nitrogen and oxygen atoms in total. The zero-order chi connectivity index (χ0) is 28.3. The number of amides is 5. The first-order valence-electron chi connectivity index (χ1n) is 12.8. The van der Waals surface area contributed by atoms with E-state index in [1.54, 1.807) is 23.2 Å². The quantitative estimate of drug-likeness (QED) is 0.210. The van der Waals surface area contributed by atoms with Gasteiger partial charge in [-0.2, -0.15) is 5.10 Å². The number of anilines is 1. The molecule has 4 N–H and O–H groups in total. The van der Waals surface area contributed by atoms with Crippen molar-refractivity contribution in [3.63, 3.8) is 0 Å². The molecule has 1 aromatic rings. The van der Waals surface area contributed by atoms with Crippen molar-refractivity contribution < 1.29 is 28.7 Å². The molecule has 0 saturated carbocycles. The van der Waals surface area contributed by atoms with E-state index < -0.39 is 35.3 Å². The zero-order valence-electron chi connectivity index (χ0n) is 22.2. The van der Waals surface area contributed by atoms with Crippen LogP contribution in [0.5, 0.6) is 0 Å². The second-order valence-electron chi connectivity index (χ2n) is 10.6. The molecule has 3 aliphatic heterocycles. The summed E-state index contributed by atoms with van der Waals surface area (Å²) in [6.07, 6.45) is 2.69. The molecule has 0 radical (unpaired) electrons. The molecule has 0 bridgehead atoms. The molecular weight excluding hydrogens is 506 g/mol. The molecule has 5 amide bonds. The Kier molecular flexibility index (Phi) is 7.98. The summed E-state index contributed by atoms with van der Waals surface area (Å²) >= 11 is 0. The monoisotopic (exact) mass is 539 g/mol. The number of hydrogen-bond donors (Lipinski definition) is 3. The summed E-state index contributed by atoms with van der Waals surface area (Å²) in [5, 5.41) is 9.06. The average molecular weight is 540 g/mol. The zero-order valence-corrected chi connectivity index (χ0v) is 22.2. The molecule has 3 aliphatic rings. The SMILES string of the molecule is CC(C)(C)OC(=O)N1CCC(N=C/C(CNc2cccc3c2C(=O)N(C2CCC(=O)NC2=O)C3=O)=N\N)CC1. The number of nitrogens with two attached hydrogens (primary N) is 1. The van der Waals surface area contributed by atoms with Gasteiger partial charge in [0.2, 0.25) is 11.8 Å². The summed E-state index contributed by atoms with van der Waals surface area (Å²) in [4.78, 5) is 69.5.